The van der Waals surface area contributed by atoms with E-state index >= 15 is 0 Å². The van der Waals surface area contributed by atoms with Crippen molar-refractivity contribution in [3.05, 3.63) is 0 Å². The molecule has 4 nitrogen and oxygen atoms in total. The van der Waals surface area contributed by atoms with Crippen molar-refractivity contribution < 1.29 is 9.90 Å². The summed E-state index contributed by atoms with van der Waals surface area (Å²) in [6.45, 7) is 7.01. The number of hydrogen-bond donors (Lipinski definition) is 3. The minimum Gasteiger partial charge on any atom is -0.392 e. The highest BCUT2D eigenvalue weighted by Gasteiger charge is 2.02. The van der Waals surface area contributed by atoms with Gasteiger partial charge in [-0.15, -0.1) is 0 Å². The van der Waals surface area contributed by atoms with E-state index in [1.807, 2.05) is 0 Å². The largest absolute Gasteiger partial charge is 0.392 e. The van der Waals surface area contributed by atoms with Gasteiger partial charge < -0.3 is 15.7 Å². The lowest BCUT2D eigenvalue weighted by Crippen LogP contribution is -2.31. The van der Waals surface area contributed by atoms with Gasteiger partial charge in [-0.25, -0.2) is 0 Å². The van der Waals surface area contributed by atoms with Crippen LogP contribution in [0, 0.1) is 0 Å². The Kier molecular flexibility index (Phi) is 7.42. The van der Waals surface area contributed by atoms with Crippen molar-refractivity contribution in [3.8, 4) is 0 Å². The Morgan fingerprint density at radius 1 is 1.36 bits per heavy atom. The van der Waals surface area contributed by atoms with Gasteiger partial charge in [0.25, 0.3) is 0 Å². The summed E-state index contributed by atoms with van der Waals surface area (Å²) >= 11 is 0. The fourth-order valence-electron chi connectivity index (χ4n) is 0.990. The summed E-state index contributed by atoms with van der Waals surface area (Å²) < 4.78 is 0. The van der Waals surface area contributed by atoms with Crippen LogP contribution in [0.1, 0.15) is 33.6 Å². The van der Waals surface area contributed by atoms with Crippen molar-refractivity contribution in [2.75, 3.05) is 13.1 Å². The van der Waals surface area contributed by atoms with Crippen LogP contribution in [0.4, 0.5) is 0 Å². The molecular formula is C10H22N2O2. The molecule has 0 aromatic heterocycles. The molecule has 0 heterocycles. The van der Waals surface area contributed by atoms with E-state index in [1.165, 1.54) is 0 Å². The maximum absolute atomic E-state index is 11.1. The molecular weight excluding hydrogens is 180 g/mol. The maximum Gasteiger partial charge on any atom is 0.220 e. The third-order valence-electron chi connectivity index (χ3n) is 1.73. The van der Waals surface area contributed by atoms with Gasteiger partial charge in [0.05, 0.1) is 6.10 Å². The number of hydrogen-bond acceptors (Lipinski definition) is 3. The second kappa shape index (κ2) is 7.76. The summed E-state index contributed by atoms with van der Waals surface area (Å²) in [5.41, 5.74) is 0. The van der Waals surface area contributed by atoms with Crippen LogP contribution in [0.15, 0.2) is 0 Å². The number of nitrogens with one attached hydrogen (secondary N) is 2. The molecule has 3 N–H and O–H groups in total. The monoisotopic (exact) mass is 202 g/mol. The van der Waals surface area contributed by atoms with Crippen LogP contribution in [0.3, 0.4) is 0 Å². The first-order chi connectivity index (χ1) is 6.52. The molecule has 0 spiro atoms. The number of amides is 1. The van der Waals surface area contributed by atoms with Gasteiger partial charge in [-0.05, 0) is 19.9 Å². The second-order valence-electron chi connectivity index (χ2n) is 3.87. The molecule has 0 saturated carbocycles. The molecule has 1 amide bonds. The number of rotatable bonds is 7. The minimum atomic E-state index is -0.465. The van der Waals surface area contributed by atoms with Crippen molar-refractivity contribution >= 4 is 5.91 Å². The van der Waals surface area contributed by atoms with Crippen LogP contribution in [-0.4, -0.2) is 36.2 Å². The molecule has 84 valence electrons. The lowest BCUT2D eigenvalue weighted by Gasteiger charge is -2.09. The van der Waals surface area contributed by atoms with Crippen LogP contribution in [0.5, 0.6) is 0 Å². The van der Waals surface area contributed by atoms with Crippen LogP contribution < -0.4 is 10.6 Å². The zero-order chi connectivity index (χ0) is 11.0. The first-order valence-electron chi connectivity index (χ1n) is 5.20. The van der Waals surface area contributed by atoms with Crippen LogP contribution >= 0.6 is 0 Å². The standard InChI is InChI=1S/C10H22N2O2/c1-8(2)11-6-4-5-10(14)12-7-9(3)13/h8-9,11,13H,4-7H2,1-3H3,(H,12,14)/t9-/m0/s1. The number of carbonyl (C=O) groups is 1. The number of aliphatic hydroxyl groups is 1. The smallest absolute Gasteiger partial charge is 0.220 e. The van der Waals surface area contributed by atoms with E-state index in [0.29, 0.717) is 19.0 Å². The van der Waals surface area contributed by atoms with Crippen molar-refractivity contribution in [2.24, 2.45) is 0 Å². The molecule has 4 heteroatoms. The Hall–Kier alpha value is -0.610. The van der Waals surface area contributed by atoms with E-state index in [9.17, 15) is 4.79 Å². The molecule has 0 radical (unpaired) electrons. The molecule has 0 unspecified atom stereocenters. The summed E-state index contributed by atoms with van der Waals surface area (Å²) in [6.07, 6.45) is 0.892. The van der Waals surface area contributed by atoms with Gasteiger partial charge in [0, 0.05) is 19.0 Å². The lowest BCUT2D eigenvalue weighted by molar-refractivity contribution is -0.121. The van der Waals surface area contributed by atoms with Crippen molar-refractivity contribution in [3.63, 3.8) is 0 Å². The average Bonchev–Trinajstić information content (AvgIpc) is 2.08. The zero-order valence-corrected chi connectivity index (χ0v) is 9.34. The van der Waals surface area contributed by atoms with Gasteiger partial charge in [-0.2, -0.15) is 0 Å². The van der Waals surface area contributed by atoms with E-state index < -0.39 is 6.10 Å². The van der Waals surface area contributed by atoms with Crippen LogP contribution in [0.25, 0.3) is 0 Å². The van der Waals surface area contributed by atoms with E-state index in [1.54, 1.807) is 6.92 Å². The first-order valence-corrected chi connectivity index (χ1v) is 5.20. The average molecular weight is 202 g/mol. The third kappa shape index (κ3) is 9.48. The maximum atomic E-state index is 11.1. The van der Waals surface area contributed by atoms with Crippen molar-refractivity contribution in [1.82, 2.24) is 10.6 Å². The summed E-state index contributed by atoms with van der Waals surface area (Å²) in [7, 11) is 0. The predicted octanol–water partition coefficient (Wildman–Crippen LogP) is 0.262. The molecule has 1 atom stereocenters. The predicted molar refractivity (Wildman–Crippen MR) is 57.1 cm³/mol. The molecule has 0 aliphatic carbocycles. The number of carbonyl (C=O) groups excluding carboxylic acids is 1. The van der Waals surface area contributed by atoms with E-state index in [0.717, 1.165) is 13.0 Å². The van der Waals surface area contributed by atoms with Crippen LogP contribution in [-0.2, 0) is 4.79 Å². The highest BCUT2D eigenvalue weighted by Crippen LogP contribution is 1.88. The topological polar surface area (TPSA) is 61.4 Å². The summed E-state index contributed by atoms with van der Waals surface area (Å²) in [6, 6.07) is 0.468. The molecule has 0 fully saturated rings. The van der Waals surface area contributed by atoms with Gasteiger partial charge in [0.1, 0.15) is 0 Å². The Balaban J connectivity index is 3.27. The Labute approximate surface area is 86.1 Å². The van der Waals surface area contributed by atoms with E-state index in [4.69, 9.17) is 5.11 Å². The van der Waals surface area contributed by atoms with Gasteiger partial charge in [-0.3, -0.25) is 4.79 Å². The summed E-state index contributed by atoms with van der Waals surface area (Å²) in [5, 5.41) is 14.8. The molecule has 0 saturated heterocycles. The Bertz CT molecular complexity index is 158. The molecule has 0 bridgehead atoms. The van der Waals surface area contributed by atoms with Gasteiger partial charge in [0.15, 0.2) is 0 Å². The van der Waals surface area contributed by atoms with E-state index in [2.05, 4.69) is 24.5 Å². The molecule has 0 aromatic carbocycles. The fraction of sp³-hybridized carbons (Fsp3) is 0.900. The zero-order valence-electron chi connectivity index (χ0n) is 9.34. The Morgan fingerprint density at radius 3 is 2.50 bits per heavy atom. The highest BCUT2D eigenvalue weighted by molar-refractivity contribution is 5.75. The van der Waals surface area contributed by atoms with Gasteiger partial charge >= 0.3 is 0 Å². The molecule has 0 aromatic rings. The van der Waals surface area contributed by atoms with Crippen molar-refractivity contribution in [1.29, 1.82) is 0 Å². The summed E-state index contributed by atoms with van der Waals surface area (Å²) in [4.78, 5) is 11.1. The lowest BCUT2D eigenvalue weighted by atomic mass is 10.2. The molecule has 0 rings (SSSR count). The number of aliphatic hydroxyl groups excluding tert-OH is 1. The third-order valence-corrected chi connectivity index (χ3v) is 1.73. The quantitative estimate of drug-likeness (QED) is 0.519. The fourth-order valence-corrected chi connectivity index (χ4v) is 0.990. The van der Waals surface area contributed by atoms with Gasteiger partial charge in [-0.1, -0.05) is 13.8 Å². The van der Waals surface area contributed by atoms with Gasteiger partial charge in [0.2, 0.25) is 5.91 Å². The normalized spacial score (nSPS) is 12.9. The van der Waals surface area contributed by atoms with Crippen molar-refractivity contribution in [2.45, 2.75) is 45.8 Å². The molecule has 0 aliphatic heterocycles. The second-order valence-corrected chi connectivity index (χ2v) is 3.87. The Morgan fingerprint density at radius 2 is 2.00 bits per heavy atom. The molecule has 0 aliphatic rings. The van der Waals surface area contributed by atoms with E-state index in [-0.39, 0.29) is 5.91 Å². The highest BCUT2D eigenvalue weighted by atomic mass is 16.3. The molecule has 14 heavy (non-hydrogen) atoms. The first kappa shape index (κ1) is 13.4. The van der Waals surface area contributed by atoms with Crippen LogP contribution in [0.2, 0.25) is 0 Å². The SMILES string of the molecule is CC(C)NCCCC(=O)NC[C@H](C)O. The summed E-state index contributed by atoms with van der Waals surface area (Å²) in [5.74, 6) is 0.0106. The minimum absolute atomic E-state index is 0.0106.